The summed E-state index contributed by atoms with van der Waals surface area (Å²) in [4.78, 5) is 14.7. The van der Waals surface area contributed by atoms with Gasteiger partial charge in [-0.15, -0.1) is 12.4 Å². The van der Waals surface area contributed by atoms with Gasteiger partial charge in [0.25, 0.3) is 5.91 Å². The van der Waals surface area contributed by atoms with Gasteiger partial charge >= 0.3 is 0 Å². The number of nitrogens with zero attached hydrogens (tertiary/aromatic N) is 2. The van der Waals surface area contributed by atoms with E-state index < -0.39 is 10.0 Å². The number of nitrogens with two attached hydrogens (primary N) is 1. The van der Waals surface area contributed by atoms with Crippen LogP contribution < -0.4 is 5.73 Å². The van der Waals surface area contributed by atoms with Crippen molar-refractivity contribution in [3.63, 3.8) is 0 Å². The molecule has 0 radical (unpaired) electrons. The monoisotopic (exact) mass is 401 g/mol. The molecule has 1 aromatic carbocycles. The number of carbonyl (C=O) groups is 1. The average Bonchev–Trinajstić information content (AvgIpc) is 3.10. The minimum atomic E-state index is -3.56. The molecule has 8 heteroatoms. The van der Waals surface area contributed by atoms with Crippen molar-refractivity contribution in [1.29, 1.82) is 0 Å². The van der Waals surface area contributed by atoms with Crippen LogP contribution in [-0.2, 0) is 10.0 Å². The number of carbonyl (C=O) groups excluding carboxylic acids is 1. The zero-order valence-corrected chi connectivity index (χ0v) is 16.8. The molecule has 0 spiro atoms. The largest absolute Gasteiger partial charge is 0.338 e. The molecule has 1 amide bonds. The highest BCUT2D eigenvalue weighted by Crippen LogP contribution is 2.26. The number of piperidine rings is 1. The first-order valence-corrected chi connectivity index (χ1v) is 10.5. The van der Waals surface area contributed by atoms with Gasteiger partial charge in [-0.25, -0.2) is 8.42 Å². The predicted molar refractivity (Wildman–Crippen MR) is 104 cm³/mol. The van der Waals surface area contributed by atoms with Gasteiger partial charge in [-0.1, -0.05) is 12.5 Å². The van der Waals surface area contributed by atoms with Gasteiger partial charge in [-0.05, 0) is 56.8 Å². The highest BCUT2D eigenvalue weighted by molar-refractivity contribution is 7.89. The van der Waals surface area contributed by atoms with Crippen LogP contribution in [0.15, 0.2) is 29.2 Å². The maximum Gasteiger partial charge on any atom is 0.253 e. The van der Waals surface area contributed by atoms with E-state index in [1.54, 1.807) is 27.4 Å². The summed E-state index contributed by atoms with van der Waals surface area (Å²) in [6.07, 6.45) is 3.73. The molecule has 2 aliphatic rings. The second-order valence-electron chi connectivity index (χ2n) is 7.13. The minimum absolute atomic E-state index is 0. The standard InChI is InChI=1S/C18H27N3O3S.ClH/c1-14-5-2-3-9-21(14)25(23,24)17-7-4-6-16(11-17)18(22)20-10-8-15(12-19)13-20;/h4,6-7,11,14-15H,2-3,5,8-10,12-13,19H2,1H3;1H. The molecule has 0 aromatic heterocycles. The Kier molecular flexibility index (Phi) is 7.07. The van der Waals surface area contributed by atoms with Crippen LogP contribution in [0.1, 0.15) is 43.0 Å². The summed E-state index contributed by atoms with van der Waals surface area (Å²) in [5, 5.41) is 0. The SMILES string of the molecule is CC1CCCCN1S(=O)(=O)c1cccc(C(=O)N2CCC(CN)C2)c1.Cl. The van der Waals surface area contributed by atoms with Crippen LogP contribution in [0.5, 0.6) is 0 Å². The lowest BCUT2D eigenvalue weighted by molar-refractivity contribution is 0.0787. The maximum absolute atomic E-state index is 13.0. The van der Waals surface area contributed by atoms with Crippen molar-refractivity contribution >= 4 is 28.3 Å². The molecular formula is C18H28ClN3O3S. The van der Waals surface area contributed by atoms with Crippen LogP contribution in [0, 0.1) is 5.92 Å². The number of benzene rings is 1. The number of hydrogen-bond donors (Lipinski definition) is 1. The van der Waals surface area contributed by atoms with E-state index in [4.69, 9.17) is 5.73 Å². The minimum Gasteiger partial charge on any atom is -0.338 e. The molecule has 2 aliphatic heterocycles. The molecule has 2 atom stereocenters. The Balaban J connectivity index is 0.00000243. The third-order valence-corrected chi connectivity index (χ3v) is 7.35. The molecule has 3 rings (SSSR count). The van der Waals surface area contributed by atoms with Crippen LogP contribution in [0.25, 0.3) is 0 Å². The number of halogens is 1. The van der Waals surface area contributed by atoms with Gasteiger partial charge in [0, 0.05) is 31.2 Å². The fourth-order valence-corrected chi connectivity index (χ4v) is 5.49. The fraction of sp³-hybridized carbons (Fsp3) is 0.611. The molecule has 146 valence electrons. The number of sulfonamides is 1. The fourth-order valence-electron chi connectivity index (χ4n) is 3.75. The Morgan fingerprint density at radius 1 is 1.23 bits per heavy atom. The first-order valence-electron chi connectivity index (χ1n) is 9.04. The van der Waals surface area contributed by atoms with Gasteiger partial charge in [-0.2, -0.15) is 4.31 Å². The maximum atomic E-state index is 13.0. The van der Waals surface area contributed by atoms with Crippen molar-refractivity contribution in [2.45, 2.75) is 43.5 Å². The Labute approximate surface area is 162 Å². The molecule has 6 nitrogen and oxygen atoms in total. The molecule has 26 heavy (non-hydrogen) atoms. The molecule has 0 bridgehead atoms. The van der Waals surface area contributed by atoms with Crippen LogP contribution in [-0.4, -0.2) is 55.8 Å². The van der Waals surface area contributed by atoms with Crippen molar-refractivity contribution in [2.24, 2.45) is 11.7 Å². The molecule has 2 unspecified atom stereocenters. The molecule has 1 aromatic rings. The number of hydrogen-bond acceptors (Lipinski definition) is 4. The van der Waals surface area contributed by atoms with Gasteiger partial charge in [-0.3, -0.25) is 4.79 Å². The molecule has 2 N–H and O–H groups in total. The summed E-state index contributed by atoms with van der Waals surface area (Å²) in [5.74, 6) is 0.227. The lowest BCUT2D eigenvalue weighted by atomic mass is 10.1. The van der Waals surface area contributed by atoms with E-state index in [1.807, 2.05) is 6.92 Å². The normalized spacial score (nSPS) is 24.3. The Morgan fingerprint density at radius 3 is 2.65 bits per heavy atom. The third kappa shape index (κ3) is 4.22. The first kappa shape index (κ1) is 21.2. The van der Waals surface area contributed by atoms with Gasteiger partial charge in [0.15, 0.2) is 0 Å². The second kappa shape index (κ2) is 8.69. The highest BCUT2D eigenvalue weighted by atomic mass is 35.5. The summed E-state index contributed by atoms with van der Waals surface area (Å²) in [6.45, 7) is 4.40. The Morgan fingerprint density at radius 2 is 2.00 bits per heavy atom. The number of amides is 1. The van der Waals surface area contributed by atoms with E-state index in [0.29, 0.717) is 37.7 Å². The average molecular weight is 402 g/mol. The van der Waals surface area contributed by atoms with E-state index in [1.165, 1.54) is 6.07 Å². The zero-order chi connectivity index (χ0) is 18.0. The van der Waals surface area contributed by atoms with E-state index in [2.05, 4.69) is 0 Å². The van der Waals surface area contributed by atoms with Crippen molar-refractivity contribution in [3.05, 3.63) is 29.8 Å². The molecule has 0 saturated carbocycles. The predicted octanol–water partition coefficient (Wildman–Crippen LogP) is 2.09. The summed E-state index contributed by atoms with van der Waals surface area (Å²) in [7, 11) is -3.56. The molecular weight excluding hydrogens is 374 g/mol. The highest BCUT2D eigenvalue weighted by Gasteiger charge is 2.32. The van der Waals surface area contributed by atoms with Crippen LogP contribution >= 0.6 is 12.4 Å². The van der Waals surface area contributed by atoms with E-state index >= 15 is 0 Å². The molecule has 0 aliphatic carbocycles. The van der Waals surface area contributed by atoms with Crippen LogP contribution in [0.2, 0.25) is 0 Å². The summed E-state index contributed by atoms with van der Waals surface area (Å²) in [6, 6.07) is 6.46. The van der Waals surface area contributed by atoms with E-state index in [-0.39, 0.29) is 29.3 Å². The van der Waals surface area contributed by atoms with Crippen molar-refractivity contribution in [3.8, 4) is 0 Å². The smallest absolute Gasteiger partial charge is 0.253 e. The Bertz CT molecular complexity index is 741. The topological polar surface area (TPSA) is 83.7 Å². The van der Waals surface area contributed by atoms with E-state index in [9.17, 15) is 13.2 Å². The number of likely N-dealkylation sites (tertiary alicyclic amines) is 1. The summed E-state index contributed by atoms with van der Waals surface area (Å²) < 4.78 is 27.5. The molecule has 2 fully saturated rings. The quantitative estimate of drug-likeness (QED) is 0.837. The molecule has 2 heterocycles. The van der Waals surface area contributed by atoms with Gasteiger partial charge in [0.2, 0.25) is 10.0 Å². The van der Waals surface area contributed by atoms with Gasteiger partial charge < -0.3 is 10.6 Å². The number of rotatable bonds is 4. The van der Waals surface area contributed by atoms with Crippen molar-refractivity contribution in [1.82, 2.24) is 9.21 Å². The summed E-state index contributed by atoms with van der Waals surface area (Å²) >= 11 is 0. The van der Waals surface area contributed by atoms with E-state index in [0.717, 1.165) is 25.7 Å². The van der Waals surface area contributed by atoms with Crippen molar-refractivity contribution < 1.29 is 13.2 Å². The van der Waals surface area contributed by atoms with Crippen molar-refractivity contribution in [2.75, 3.05) is 26.2 Å². The molecule has 2 saturated heterocycles. The van der Waals surface area contributed by atoms with Crippen LogP contribution in [0.4, 0.5) is 0 Å². The third-order valence-electron chi connectivity index (χ3n) is 5.34. The summed E-state index contributed by atoms with van der Waals surface area (Å²) in [5.41, 5.74) is 6.12. The second-order valence-corrected chi connectivity index (χ2v) is 9.02. The Hall–Kier alpha value is -1.15. The first-order chi connectivity index (χ1) is 11.9. The van der Waals surface area contributed by atoms with Crippen LogP contribution in [0.3, 0.4) is 0 Å². The van der Waals surface area contributed by atoms with Gasteiger partial charge in [0.1, 0.15) is 0 Å². The zero-order valence-electron chi connectivity index (χ0n) is 15.1. The lowest BCUT2D eigenvalue weighted by Gasteiger charge is -2.32. The van der Waals surface area contributed by atoms with Gasteiger partial charge in [0.05, 0.1) is 4.90 Å². The lowest BCUT2D eigenvalue weighted by Crippen LogP contribution is -2.42.